The summed E-state index contributed by atoms with van der Waals surface area (Å²) in [7, 11) is -4.44. The Hall–Kier alpha value is -2.31. The first-order valence-corrected chi connectivity index (χ1v) is 15.3. The Balaban J connectivity index is 1.38. The SMILES string of the molecule is CCOCOCCSc1ccc2c3c(cccc13)C(=O)N(OS(=O)(=O)C[C@@]13CCC(CC1=O)C3(C)C)C2=O. The van der Waals surface area contributed by atoms with Crippen molar-refractivity contribution in [2.24, 2.45) is 16.7 Å². The molecule has 2 aliphatic carbocycles. The van der Waals surface area contributed by atoms with Gasteiger partial charge in [0, 0.05) is 29.1 Å². The van der Waals surface area contributed by atoms with Crippen LogP contribution in [0.1, 0.15) is 60.7 Å². The lowest BCUT2D eigenvalue weighted by atomic mass is 9.70. The fraction of sp³-hybridized carbons (Fsp3) is 0.519. The van der Waals surface area contributed by atoms with Gasteiger partial charge in [0.25, 0.3) is 21.9 Å². The van der Waals surface area contributed by atoms with Crippen molar-refractivity contribution in [3.05, 3.63) is 41.5 Å². The highest BCUT2D eigenvalue weighted by molar-refractivity contribution is 7.99. The van der Waals surface area contributed by atoms with Crippen LogP contribution >= 0.6 is 11.8 Å². The monoisotopic (exact) mass is 561 g/mol. The van der Waals surface area contributed by atoms with Crippen molar-refractivity contribution in [3.63, 3.8) is 0 Å². The van der Waals surface area contributed by atoms with Crippen LogP contribution in [0.3, 0.4) is 0 Å². The molecular formula is C27H31NO8S2. The molecule has 11 heteroatoms. The number of carbonyl (C=O) groups excluding carboxylic acids is 3. The first kappa shape index (κ1) is 27.3. The fourth-order valence-corrected chi connectivity index (χ4v) is 8.81. The van der Waals surface area contributed by atoms with E-state index in [1.54, 1.807) is 24.3 Å². The van der Waals surface area contributed by atoms with Crippen molar-refractivity contribution >= 4 is 50.3 Å². The van der Waals surface area contributed by atoms with Gasteiger partial charge in [-0.2, -0.15) is 8.42 Å². The number of imide groups is 1. The van der Waals surface area contributed by atoms with Crippen LogP contribution in [-0.4, -0.2) is 62.6 Å². The van der Waals surface area contributed by atoms with Crippen LogP contribution in [0.25, 0.3) is 10.8 Å². The minimum absolute atomic E-state index is 0.0920. The van der Waals surface area contributed by atoms with Gasteiger partial charge in [-0.3, -0.25) is 14.4 Å². The standard InChI is InChI=1S/C27H31NO8S2/c1-4-34-16-35-12-13-37-21-9-8-20-23-18(21)6-5-7-19(23)24(30)28(25(20)31)36-38(32,33)15-27-11-10-17(14-22(27)29)26(27,2)3/h5-9,17H,4,10-16H2,1-3H3/t17?,27-/m0/s1. The molecule has 2 aromatic carbocycles. The van der Waals surface area contributed by atoms with E-state index in [2.05, 4.69) is 0 Å². The number of amides is 2. The Morgan fingerprint density at radius 3 is 2.45 bits per heavy atom. The summed E-state index contributed by atoms with van der Waals surface area (Å²) in [6, 6.07) is 8.41. The molecule has 1 aliphatic heterocycles. The topological polar surface area (TPSA) is 116 Å². The summed E-state index contributed by atoms with van der Waals surface area (Å²) in [6.07, 6.45) is 1.57. The Kier molecular flexibility index (Phi) is 7.19. The molecule has 2 saturated carbocycles. The molecule has 9 nitrogen and oxygen atoms in total. The normalized spacial score (nSPS) is 24.1. The molecule has 2 atom stereocenters. The van der Waals surface area contributed by atoms with Gasteiger partial charge >= 0.3 is 0 Å². The van der Waals surface area contributed by atoms with Gasteiger partial charge in [-0.05, 0) is 54.7 Å². The van der Waals surface area contributed by atoms with Gasteiger partial charge in [0.2, 0.25) is 0 Å². The van der Waals surface area contributed by atoms with Gasteiger partial charge in [0.1, 0.15) is 12.6 Å². The first-order valence-electron chi connectivity index (χ1n) is 12.7. The quantitative estimate of drug-likeness (QED) is 0.172. The van der Waals surface area contributed by atoms with Crippen molar-refractivity contribution in [3.8, 4) is 0 Å². The van der Waals surface area contributed by atoms with Gasteiger partial charge in [-0.15, -0.1) is 21.1 Å². The molecule has 5 rings (SSSR count). The number of rotatable bonds is 11. The van der Waals surface area contributed by atoms with Gasteiger partial charge in [-0.1, -0.05) is 26.0 Å². The average molecular weight is 562 g/mol. The van der Waals surface area contributed by atoms with Gasteiger partial charge < -0.3 is 9.47 Å². The number of hydrogen-bond acceptors (Lipinski definition) is 9. The highest BCUT2D eigenvalue weighted by Crippen LogP contribution is 2.64. The second-order valence-corrected chi connectivity index (χ2v) is 13.2. The summed E-state index contributed by atoms with van der Waals surface area (Å²) in [5.41, 5.74) is -1.22. The molecule has 0 aromatic heterocycles. The van der Waals surface area contributed by atoms with Gasteiger partial charge in [0.05, 0.1) is 28.9 Å². The van der Waals surface area contributed by atoms with Crippen LogP contribution in [0.4, 0.5) is 0 Å². The fourth-order valence-electron chi connectivity index (χ4n) is 6.20. The second kappa shape index (κ2) is 10.0. The van der Waals surface area contributed by atoms with E-state index in [-0.39, 0.29) is 29.6 Å². The minimum Gasteiger partial charge on any atom is -0.356 e. The van der Waals surface area contributed by atoms with Crippen LogP contribution in [0.5, 0.6) is 0 Å². The van der Waals surface area contributed by atoms with Gasteiger partial charge in [-0.25, -0.2) is 0 Å². The van der Waals surface area contributed by atoms with Crippen molar-refractivity contribution in [2.45, 2.75) is 44.9 Å². The molecular weight excluding hydrogens is 530 g/mol. The molecule has 2 amide bonds. The number of hydrogen-bond donors (Lipinski definition) is 0. The summed E-state index contributed by atoms with van der Waals surface area (Å²) >= 11 is 1.52. The molecule has 0 spiro atoms. The van der Waals surface area contributed by atoms with Crippen LogP contribution < -0.4 is 0 Å². The molecule has 1 heterocycles. The lowest BCUT2D eigenvalue weighted by Crippen LogP contribution is -2.46. The van der Waals surface area contributed by atoms with E-state index >= 15 is 0 Å². The van der Waals surface area contributed by atoms with Crippen LogP contribution in [0, 0.1) is 16.7 Å². The van der Waals surface area contributed by atoms with Crippen molar-refractivity contribution in [1.29, 1.82) is 0 Å². The smallest absolute Gasteiger partial charge is 0.289 e. The highest BCUT2D eigenvalue weighted by Gasteiger charge is 2.65. The van der Waals surface area contributed by atoms with Crippen LogP contribution in [0.2, 0.25) is 0 Å². The molecule has 0 saturated heterocycles. The van der Waals surface area contributed by atoms with E-state index in [1.165, 1.54) is 11.8 Å². The second-order valence-electron chi connectivity index (χ2n) is 10.6. The molecule has 2 bridgehead atoms. The van der Waals surface area contributed by atoms with E-state index in [0.717, 1.165) is 11.3 Å². The number of ketones is 1. The number of Topliss-reactive ketones (excluding diaryl/α,β-unsaturated/α-hetero) is 1. The van der Waals surface area contributed by atoms with Crippen LogP contribution in [-0.2, 0) is 28.7 Å². The van der Waals surface area contributed by atoms with Crippen molar-refractivity contribution in [2.75, 3.05) is 31.5 Å². The number of thioether (sulfide) groups is 1. The number of hydroxylamine groups is 2. The summed E-state index contributed by atoms with van der Waals surface area (Å²) in [5, 5.41) is 1.51. The maximum atomic E-state index is 13.4. The van der Waals surface area contributed by atoms with Crippen LogP contribution in [0.15, 0.2) is 35.2 Å². The average Bonchev–Trinajstić information content (AvgIpc) is 3.21. The summed E-state index contributed by atoms with van der Waals surface area (Å²) in [6.45, 7) is 6.98. The lowest BCUT2D eigenvalue weighted by Gasteiger charge is -2.36. The molecule has 0 N–H and O–H groups in total. The Bertz CT molecular complexity index is 1400. The molecule has 204 valence electrons. The number of ether oxygens (including phenoxy) is 2. The van der Waals surface area contributed by atoms with E-state index in [4.69, 9.17) is 13.8 Å². The van der Waals surface area contributed by atoms with E-state index in [1.807, 2.05) is 26.8 Å². The van der Waals surface area contributed by atoms with E-state index in [0.29, 0.717) is 47.6 Å². The van der Waals surface area contributed by atoms with E-state index < -0.39 is 38.5 Å². The zero-order valence-corrected chi connectivity index (χ0v) is 23.3. The molecule has 2 aromatic rings. The van der Waals surface area contributed by atoms with Crippen molar-refractivity contribution < 1.29 is 36.6 Å². The number of nitrogens with zero attached hydrogens (tertiary/aromatic N) is 1. The third-order valence-corrected chi connectivity index (χ3v) is 10.7. The molecule has 2 fully saturated rings. The minimum atomic E-state index is -4.44. The third-order valence-electron chi connectivity index (χ3n) is 8.44. The Morgan fingerprint density at radius 2 is 1.79 bits per heavy atom. The summed E-state index contributed by atoms with van der Waals surface area (Å²) in [4.78, 5) is 40.4. The summed E-state index contributed by atoms with van der Waals surface area (Å²) < 4.78 is 42.3. The largest absolute Gasteiger partial charge is 0.356 e. The third kappa shape index (κ3) is 4.38. The summed E-state index contributed by atoms with van der Waals surface area (Å²) in [5.74, 6) is -1.59. The predicted octanol–water partition coefficient (Wildman–Crippen LogP) is 4.20. The van der Waals surface area contributed by atoms with Gasteiger partial charge in [0.15, 0.2) is 0 Å². The van der Waals surface area contributed by atoms with E-state index in [9.17, 15) is 22.8 Å². The first-order chi connectivity index (χ1) is 18.0. The number of fused-ring (bicyclic) bond motifs is 2. The highest BCUT2D eigenvalue weighted by atomic mass is 32.2. The Labute approximate surface area is 226 Å². The predicted molar refractivity (Wildman–Crippen MR) is 141 cm³/mol. The molecule has 38 heavy (non-hydrogen) atoms. The molecule has 1 unspecified atom stereocenters. The maximum absolute atomic E-state index is 13.4. The lowest BCUT2D eigenvalue weighted by molar-refractivity contribution is -0.128. The zero-order chi connectivity index (χ0) is 27.3. The number of benzene rings is 2. The Morgan fingerprint density at radius 1 is 1.05 bits per heavy atom. The van der Waals surface area contributed by atoms with Crippen molar-refractivity contribution in [1.82, 2.24) is 5.06 Å². The molecule has 0 radical (unpaired) electrons. The maximum Gasteiger partial charge on any atom is 0.289 e. The number of carbonyl (C=O) groups is 3. The zero-order valence-electron chi connectivity index (χ0n) is 21.7. The molecule has 3 aliphatic rings.